The van der Waals surface area contributed by atoms with Crippen molar-refractivity contribution in [1.82, 2.24) is 0 Å². The van der Waals surface area contributed by atoms with Gasteiger partial charge in [-0.1, -0.05) is 11.6 Å². The molecule has 19 heavy (non-hydrogen) atoms. The van der Waals surface area contributed by atoms with E-state index in [0.29, 0.717) is 6.04 Å². The third-order valence-corrected chi connectivity index (χ3v) is 5.08. The summed E-state index contributed by atoms with van der Waals surface area (Å²) >= 11 is 9.53. The molecule has 2 fully saturated rings. The van der Waals surface area contributed by atoms with Crippen LogP contribution in [0.3, 0.4) is 0 Å². The third kappa shape index (κ3) is 3.07. The maximum atomic E-state index is 6.12. The van der Waals surface area contributed by atoms with Gasteiger partial charge in [-0.25, -0.2) is 0 Å². The predicted octanol–water partition coefficient (Wildman–Crippen LogP) is 3.85. The summed E-state index contributed by atoms with van der Waals surface area (Å²) in [6, 6.07) is 6.40. The topological polar surface area (TPSA) is 30.5 Å². The largest absolute Gasteiger partial charge is 0.382 e. The number of hydrogen-bond donors (Lipinski definition) is 1. The number of hydrogen-bond acceptors (Lipinski definition) is 3. The molecular weight excluding hydrogens is 330 g/mol. The molecule has 3 nitrogen and oxygen atoms in total. The summed E-state index contributed by atoms with van der Waals surface area (Å²) in [5.74, 6) is 0. The molecule has 2 saturated heterocycles. The average Bonchev–Trinajstić information content (AvgIpc) is 2.82. The van der Waals surface area contributed by atoms with Gasteiger partial charge in [0.05, 0.1) is 17.2 Å². The molecule has 1 N–H and O–H groups in total. The molecule has 2 heterocycles. The second-order valence-electron chi connectivity index (χ2n) is 5.30. The van der Waals surface area contributed by atoms with Crippen molar-refractivity contribution in [2.75, 3.05) is 25.1 Å². The molecule has 0 radical (unpaired) electrons. The van der Waals surface area contributed by atoms with Crippen LogP contribution in [0.4, 0.5) is 5.69 Å². The molecule has 2 aliphatic rings. The average molecular weight is 347 g/mol. The summed E-state index contributed by atoms with van der Waals surface area (Å²) < 4.78 is 12.4. The second-order valence-corrected chi connectivity index (χ2v) is 6.56. The van der Waals surface area contributed by atoms with Gasteiger partial charge in [-0.15, -0.1) is 0 Å². The first kappa shape index (κ1) is 13.7. The zero-order valence-corrected chi connectivity index (χ0v) is 13.0. The Hall–Kier alpha value is -0.290. The fourth-order valence-corrected chi connectivity index (χ4v) is 3.26. The Morgan fingerprint density at radius 3 is 3.00 bits per heavy atom. The van der Waals surface area contributed by atoms with E-state index >= 15 is 0 Å². The standard InChI is InChI=1S/C14H17BrClNO2/c15-12-2-1-10(7-13(12)16)17-11-3-5-19-14(8-11)4-6-18-9-14/h1-2,7,11,17H,3-6,8-9H2. The number of nitrogens with one attached hydrogen (secondary N) is 1. The molecule has 2 aliphatic heterocycles. The number of halogens is 2. The Morgan fingerprint density at radius 1 is 1.37 bits per heavy atom. The van der Waals surface area contributed by atoms with Gasteiger partial charge in [0, 0.05) is 35.8 Å². The minimum Gasteiger partial charge on any atom is -0.382 e. The van der Waals surface area contributed by atoms with Crippen molar-refractivity contribution in [1.29, 1.82) is 0 Å². The molecule has 2 unspecified atom stereocenters. The summed E-state index contributed by atoms with van der Waals surface area (Å²) in [7, 11) is 0. The smallest absolute Gasteiger partial charge is 0.0956 e. The van der Waals surface area contributed by atoms with Crippen LogP contribution in [0.15, 0.2) is 22.7 Å². The minimum absolute atomic E-state index is 0.0604. The van der Waals surface area contributed by atoms with Gasteiger partial charge in [0.15, 0.2) is 0 Å². The van der Waals surface area contributed by atoms with Gasteiger partial charge in [0.1, 0.15) is 0 Å². The van der Waals surface area contributed by atoms with Crippen LogP contribution in [0.1, 0.15) is 19.3 Å². The Morgan fingerprint density at radius 2 is 2.26 bits per heavy atom. The highest BCUT2D eigenvalue weighted by atomic mass is 79.9. The molecule has 3 rings (SSSR count). The van der Waals surface area contributed by atoms with E-state index in [-0.39, 0.29) is 5.60 Å². The highest BCUT2D eigenvalue weighted by Gasteiger charge is 2.40. The van der Waals surface area contributed by atoms with Crippen molar-refractivity contribution >= 4 is 33.2 Å². The van der Waals surface area contributed by atoms with Crippen LogP contribution in [0, 0.1) is 0 Å². The normalized spacial score (nSPS) is 30.7. The van der Waals surface area contributed by atoms with Gasteiger partial charge in [-0.05, 0) is 47.0 Å². The molecule has 1 spiro atoms. The van der Waals surface area contributed by atoms with E-state index in [2.05, 4.69) is 21.2 Å². The molecule has 0 aliphatic carbocycles. The summed E-state index contributed by atoms with van der Waals surface area (Å²) in [5.41, 5.74) is 1.00. The van der Waals surface area contributed by atoms with E-state index < -0.39 is 0 Å². The zero-order valence-electron chi connectivity index (χ0n) is 10.6. The summed E-state index contributed by atoms with van der Waals surface area (Å²) in [6.45, 7) is 2.34. The van der Waals surface area contributed by atoms with E-state index in [9.17, 15) is 0 Å². The van der Waals surface area contributed by atoms with E-state index in [1.807, 2.05) is 18.2 Å². The maximum Gasteiger partial charge on any atom is 0.0956 e. The molecule has 5 heteroatoms. The zero-order chi connectivity index (χ0) is 13.3. The Balaban J connectivity index is 1.67. The quantitative estimate of drug-likeness (QED) is 0.882. The van der Waals surface area contributed by atoms with Crippen LogP contribution in [0.2, 0.25) is 5.02 Å². The van der Waals surface area contributed by atoms with Crippen molar-refractivity contribution in [2.24, 2.45) is 0 Å². The molecule has 2 atom stereocenters. The van der Waals surface area contributed by atoms with E-state index in [1.54, 1.807) is 0 Å². The first-order valence-corrected chi connectivity index (χ1v) is 7.77. The number of anilines is 1. The maximum absolute atomic E-state index is 6.12. The Bertz CT molecular complexity index is 463. The fourth-order valence-electron chi connectivity index (χ4n) is 2.84. The van der Waals surface area contributed by atoms with Crippen molar-refractivity contribution in [3.63, 3.8) is 0 Å². The van der Waals surface area contributed by atoms with E-state index in [4.69, 9.17) is 21.1 Å². The van der Waals surface area contributed by atoms with Gasteiger partial charge in [-0.3, -0.25) is 0 Å². The number of ether oxygens (including phenoxy) is 2. The van der Waals surface area contributed by atoms with Gasteiger partial charge >= 0.3 is 0 Å². The molecule has 0 bridgehead atoms. The molecule has 104 valence electrons. The first-order chi connectivity index (χ1) is 9.17. The number of benzene rings is 1. The highest BCUT2D eigenvalue weighted by Crippen LogP contribution is 2.34. The molecule has 0 saturated carbocycles. The molecule has 1 aromatic carbocycles. The van der Waals surface area contributed by atoms with Gasteiger partial charge in [0.25, 0.3) is 0 Å². The summed E-state index contributed by atoms with van der Waals surface area (Å²) in [6.07, 6.45) is 3.03. The van der Waals surface area contributed by atoms with Crippen LogP contribution in [-0.2, 0) is 9.47 Å². The van der Waals surface area contributed by atoms with E-state index in [0.717, 1.165) is 54.3 Å². The van der Waals surface area contributed by atoms with Crippen molar-refractivity contribution in [3.05, 3.63) is 27.7 Å². The van der Waals surface area contributed by atoms with Crippen molar-refractivity contribution in [3.8, 4) is 0 Å². The number of rotatable bonds is 2. The summed E-state index contributed by atoms with van der Waals surface area (Å²) in [5, 5.41) is 4.29. The van der Waals surface area contributed by atoms with Crippen molar-refractivity contribution < 1.29 is 9.47 Å². The summed E-state index contributed by atoms with van der Waals surface area (Å²) in [4.78, 5) is 0. The SMILES string of the molecule is Clc1cc(NC2CCOC3(CCOC3)C2)ccc1Br. The second kappa shape index (κ2) is 5.60. The molecule has 0 aromatic heterocycles. The van der Waals surface area contributed by atoms with Crippen LogP contribution in [-0.4, -0.2) is 31.5 Å². The highest BCUT2D eigenvalue weighted by molar-refractivity contribution is 9.10. The minimum atomic E-state index is -0.0604. The lowest BCUT2D eigenvalue weighted by atomic mass is 9.89. The fraction of sp³-hybridized carbons (Fsp3) is 0.571. The third-order valence-electron chi connectivity index (χ3n) is 3.85. The Kier molecular flexibility index (Phi) is 4.03. The molecular formula is C14H17BrClNO2. The Labute approximate surface area is 126 Å². The van der Waals surface area contributed by atoms with Gasteiger partial charge in [0.2, 0.25) is 0 Å². The van der Waals surface area contributed by atoms with Gasteiger partial charge < -0.3 is 14.8 Å². The van der Waals surface area contributed by atoms with Crippen LogP contribution >= 0.6 is 27.5 Å². The lowest BCUT2D eigenvalue weighted by Crippen LogP contribution is -2.44. The molecule has 1 aromatic rings. The van der Waals surface area contributed by atoms with Crippen LogP contribution < -0.4 is 5.32 Å². The lowest BCUT2D eigenvalue weighted by molar-refractivity contribution is -0.0828. The monoisotopic (exact) mass is 345 g/mol. The lowest BCUT2D eigenvalue weighted by Gasteiger charge is -2.37. The molecule has 0 amide bonds. The van der Waals surface area contributed by atoms with Crippen LogP contribution in [0.5, 0.6) is 0 Å². The van der Waals surface area contributed by atoms with Crippen molar-refractivity contribution in [2.45, 2.75) is 30.9 Å². The van der Waals surface area contributed by atoms with Gasteiger partial charge in [-0.2, -0.15) is 0 Å². The van der Waals surface area contributed by atoms with E-state index in [1.165, 1.54) is 0 Å². The first-order valence-electron chi connectivity index (χ1n) is 6.60. The predicted molar refractivity (Wildman–Crippen MR) is 79.9 cm³/mol. The van der Waals surface area contributed by atoms with Crippen LogP contribution in [0.25, 0.3) is 0 Å².